The molecule has 3 aromatic heterocycles. The van der Waals surface area contributed by atoms with E-state index in [0.717, 1.165) is 27.9 Å². The number of aromatic nitrogens is 2. The summed E-state index contributed by atoms with van der Waals surface area (Å²) < 4.78 is 86.3. The second kappa shape index (κ2) is 16.9. The first-order chi connectivity index (χ1) is 30.6. The molecule has 0 spiro atoms. The summed E-state index contributed by atoms with van der Waals surface area (Å²) in [7, 11) is -1.68. The van der Waals surface area contributed by atoms with Gasteiger partial charge in [-0.3, -0.25) is 0 Å². The molecule has 5 aromatic carbocycles. The van der Waals surface area contributed by atoms with Crippen molar-refractivity contribution in [3.05, 3.63) is 173 Å². The van der Waals surface area contributed by atoms with Gasteiger partial charge in [0.05, 0.1) is 13.7 Å². The molecule has 0 fully saturated rings. The molecule has 0 aliphatic heterocycles. The fraction of sp³-hybridized carbons (Fsp3) is 0.231. The van der Waals surface area contributed by atoms with Crippen molar-refractivity contribution in [2.45, 2.75) is 79.2 Å². The van der Waals surface area contributed by atoms with Crippen LogP contribution in [0.1, 0.15) is 80.7 Å². The Kier molecular flexibility index (Phi) is 8.94. The largest absolute Gasteiger partial charge is 0.500 e. The van der Waals surface area contributed by atoms with E-state index in [9.17, 15) is 1.37 Å². The van der Waals surface area contributed by atoms with E-state index in [1.165, 1.54) is 35.1 Å². The molecule has 0 bridgehead atoms. The summed E-state index contributed by atoms with van der Waals surface area (Å²) in [5, 5.41) is 2.21. The Morgan fingerprint density at radius 1 is 0.702 bits per heavy atom. The zero-order chi connectivity index (χ0) is 48.2. The van der Waals surface area contributed by atoms with E-state index in [1.807, 2.05) is 79.9 Å². The molecule has 0 aliphatic carbocycles. The van der Waals surface area contributed by atoms with E-state index < -0.39 is 34.5 Å². The average molecular weight is 951 g/mol. The Morgan fingerprint density at radius 2 is 1.33 bits per heavy atom. The Bertz CT molecular complexity index is 3040. The topological polar surface area (TPSA) is 38.9 Å². The van der Waals surface area contributed by atoms with Gasteiger partial charge in [-0.2, -0.15) is 0 Å². The van der Waals surface area contributed by atoms with E-state index in [-0.39, 0.29) is 47.8 Å². The first-order valence-corrected chi connectivity index (χ1v) is 22.2. The predicted molar refractivity (Wildman–Crippen MR) is 240 cm³/mol. The number of benzene rings is 5. The summed E-state index contributed by atoms with van der Waals surface area (Å²) >= 11 is 0. The number of fused-ring (bicyclic) bond motifs is 3. The van der Waals surface area contributed by atoms with Gasteiger partial charge in [-0.25, -0.2) is 0 Å². The maximum absolute atomic E-state index is 9.31. The Labute approximate surface area is 368 Å². The molecule has 0 amide bonds. The third kappa shape index (κ3) is 9.13. The second-order valence-electron chi connectivity index (χ2n) is 16.2. The van der Waals surface area contributed by atoms with E-state index in [4.69, 9.17) is 21.7 Å². The molecule has 0 saturated heterocycles. The van der Waals surface area contributed by atoms with Crippen LogP contribution < -0.4 is 5.19 Å². The molecule has 1 radical (unpaired) electrons. The molecule has 1 unspecified atom stereocenters. The molecular formula is C52H52IrN2OSi-2. The summed E-state index contributed by atoms with van der Waals surface area (Å²) in [6.45, 7) is 7.94. The molecule has 3 nitrogen and oxygen atoms in total. The van der Waals surface area contributed by atoms with Gasteiger partial charge in [-0.1, -0.05) is 126 Å². The number of aryl methyl sites for hydroxylation is 3. The van der Waals surface area contributed by atoms with Crippen molar-refractivity contribution < 1.29 is 38.2 Å². The van der Waals surface area contributed by atoms with Gasteiger partial charge < -0.3 is 14.4 Å². The molecule has 8 rings (SSSR count). The summed E-state index contributed by atoms with van der Waals surface area (Å²) in [6, 6.07) is 41.4. The van der Waals surface area contributed by atoms with Crippen LogP contribution in [-0.4, -0.2) is 18.0 Å². The van der Waals surface area contributed by atoms with E-state index in [1.54, 1.807) is 12.1 Å². The minimum absolute atomic E-state index is 0. The second-order valence-corrected chi connectivity index (χ2v) is 21.2. The van der Waals surface area contributed by atoms with Gasteiger partial charge in [0, 0.05) is 63.1 Å². The monoisotopic (exact) mass is 951 g/mol. The SMILES string of the molecule is [2H]C(C)(c1ccccc1)c1cc(-c2[c-]ccc(C(C)(C)C)c2)ncc1[Si](C)(C)C.[2H]C([2H])([2H])c1cc(-c2[c-]cc3oc4cc(C([2H])([2H])[2H])c(C([2H])([2H])[2H])cc4c3c2)ncc1-c1ccccc1.[Ir]. The van der Waals surface area contributed by atoms with Gasteiger partial charge in [-0.05, 0) is 88.1 Å². The Hall–Kier alpha value is -4.93. The standard InChI is InChI=1S/C26H20NO.C26H32NSi.Ir/c1-16-11-21-22-14-20(9-10-25(22)28-26(21)13-17(16)2)24-12-18(3)23(15-27-24)19-7-5-4-6-8-19;1-19(20-12-9-8-10-13-20)23-17-24(27-18-25(23)28(5,6)7)21-14-11-15-22(16-21)26(2,3)4;/h4-8,10-15H,1-3H3;8-13,15-19H,1-7H3;/q2*-1;/i1D3,2D3,3D3;19D;. The normalized spacial score (nSPS) is 16.0. The van der Waals surface area contributed by atoms with Crippen molar-refractivity contribution in [2.75, 3.05) is 0 Å². The molecular weight excluding hydrogens is 889 g/mol. The molecule has 5 heteroatoms. The minimum atomic E-state index is -2.64. The van der Waals surface area contributed by atoms with Gasteiger partial charge in [0.15, 0.2) is 0 Å². The van der Waals surface area contributed by atoms with Crippen molar-refractivity contribution in [3.63, 3.8) is 0 Å². The van der Waals surface area contributed by atoms with Gasteiger partial charge in [0.1, 0.15) is 5.58 Å². The van der Waals surface area contributed by atoms with Crippen LogP contribution in [-0.2, 0) is 25.5 Å². The molecule has 0 aliphatic rings. The van der Waals surface area contributed by atoms with Crippen molar-refractivity contribution in [1.82, 2.24) is 9.97 Å². The summed E-state index contributed by atoms with van der Waals surface area (Å²) in [5.41, 5.74) is 7.56. The minimum Gasteiger partial charge on any atom is -0.500 e. The fourth-order valence-corrected chi connectivity index (χ4v) is 8.32. The first-order valence-electron chi connectivity index (χ1n) is 23.7. The van der Waals surface area contributed by atoms with Crippen molar-refractivity contribution in [1.29, 1.82) is 0 Å². The quantitative estimate of drug-likeness (QED) is 0.123. The number of rotatable bonds is 6. The van der Waals surface area contributed by atoms with Gasteiger partial charge in [-0.15, -0.1) is 59.2 Å². The summed E-state index contributed by atoms with van der Waals surface area (Å²) in [5.74, 6) is -0.837. The molecule has 0 N–H and O–H groups in total. The van der Waals surface area contributed by atoms with E-state index in [2.05, 4.69) is 75.7 Å². The third-order valence-corrected chi connectivity index (χ3v) is 12.1. The summed E-state index contributed by atoms with van der Waals surface area (Å²) in [4.78, 5) is 9.32. The van der Waals surface area contributed by atoms with Crippen molar-refractivity contribution in [2.24, 2.45) is 0 Å². The Balaban J connectivity index is 0.000000224. The van der Waals surface area contributed by atoms with Crippen LogP contribution in [0.3, 0.4) is 0 Å². The van der Waals surface area contributed by atoms with Crippen LogP contribution in [0, 0.1) is 32.7 Å². The number of pyridine rings is 2. The molecule has 0 saturated carbocycles. The Morgan fingerprint density at radius 3 is 2.02 bits per heavy atom. The molecule has 1 atom stereocenters. The molecule has 3 heterocycles. The average Bonchev–Trinajstić information content (AvgIpc) is 3.62. The van der Waals surface area contributed by atoms with Crippen LogP contribution in [0.15, 0.2) is 132 Å². The van der Waals surface area contributed by atoms with Crippen LogP contribution in [0.4, 0.5) is 0 Å². The maximum atomic E-state index is 9.31. The smallest absolute Gasteiger partial charge is 0.121 e. The zero-order valence-electron chi connectivity index (χ0n) is 43.3. The fourth-order valence-electron chi connectivity index (χ4n) is 6.80. The molecule has 8 aromatic rings. The van der Waals surface area contributed by atoms with Crippen molar-refractivity contribution >= 4 is 35.2 Å². The number of nitrogens with zero attached hydrogens (tertiary/aromatic N) is 2. The number of furan rings is 1. The van der Waals surface area contributed by atoms with Crippen LogP contribution in [0.25, 0.3) is 55.6 Å². The van der Waals surface area contributed by atoms with Gasteiger partial charge in [0.25, 0.3) is 0 Å². The number of hydrogen-bond acceptors (Lipinski definition) is 3. The van der Waals surface area contributed by atoms with Crippen molar-refractivity contribution in [3.8, 4) is 33.6 Å². The van der Waals surface area contributed by atoms with E-state index in [0.29, 0.717) is 33.2 Å². The first kappa shape index (κ1) is 30.2. The van der Waals surface area contributed by atoms with Crippen LogP contribution >= 0.6 is 0 Å². The van der Waals surface area contributed by atoms with E-state index >= 15 is 0 Å². The van der Waals surface area contributed by atoms with Crippen LogP contribution in [0.2, 0.25) is 19.6 Å². The number of hydrogen-bond donors (Lipinski definition) is 0. The molecule has 291 valence electrons. The predicted octanol–water partition coefficient (Wildman–Crippen LogP) is 13.6. The zero-order valence-corrected chi connectivity index (χ0v) is 36.7. The summed E-state index contributed by atoms with van der Waals surface area (Å²) in [6.07, 6.45) is 3.54. The maximum Gasteiger partial charge on any atom is 0.121 e. The van der Waals surface area contributed by atoms with Gasteiger partial charge in [0.2, 0.25) is 0 Å². The van der Waals surface area contributed by atoms with Gasteiger partial charge >= 0.3 is 0 Å². The van der Waals surface area contributed by atoms with Crippen LogP contribution in [0.5, 0.6) is 0 Å². The third-order valence-electron chi connectivity index (χ3n) is 10.1. The molecule has 57 heavy (non-hydrogen) atoms.